The third-order valence-electron chi connectivity index (χ3n) is 2.23. The highest BCUT2D eigenvalue weighted by molar-refractivity contribution is 5.99. The van der Waals surface area contributed by atoms with E-state index in [9.17, 15) is 9.59 Å². The summed E-state index contributed by atoms with van der Waals surface area (Å²) in [5.41, 5.74) is 2.00. The van der Waals surface area contributed by atoms with Crippen molar-refractivity contribution >= 4 is 11.9 Å². The second kappa shape index (κ2) is 4.13. The number of benzene rings is 1. The summed E-state index contributed by atoms with van der Waals surface area (Å²) in [4.78, 5) is 21.6. The maximum Gasteiger partial charge on any atom is 0.322 e. The van der Waals surface area contributed by atoms with Crippen LogP contribution in [0.25, 0.3) is 0 Å². The van der Waals surface area contributed by atoms with E-state index in [2.05, 4.69) is 0 Å². The van der Waals surface area contributed by atoms with Crippen LogP contribution in [0.5, 0.6) is 0 Å². The van der Waals surface area contributed by atoms with Gasteiger partial charge in [-0.05, 0) is 25.0 Å². The fraction of sp³-hybridized carbons (Fsp3) is 0.273. The number of hydrogen-bond donors (Lipinski definition) is 2. The van der Waals surface area contributed by atoms with Crippen LogP contribution in [0.15, 0.2) is 18.2 Å². The number of rotatable bonds is 3. The average Bonchev–Trinajstić information content (AvgIpc) is 2.08. The molecule has 0 amide bonds. The van der Waals surface area contributed by atoms with Gasteiger partial charge in [0, 0.05) is 0 Å². The number of aliphatic carboxylic acids is 2. The second-order valence-corrected chi connectivity index (χ2v) is 3.47. The Bertz CT molecular complexity index is 395. The van der Waals surface area contributed by atoms with Gasteiger partial charge >= 0.3 is 11.9 Å². The molecule has 0 aromatic heterocycles. The van der Waals surface area contributed by atoms with Crippen LogP contribution in [0.3, 0.4) is 0 Å². The summed E-state index contributed by atoms with van der Waals surface area (Å²) in [5.74, 6) is -4.16. The molecule has 4 nitrogen and oxygen atoms in total. The topological polar surface area (TPSA) is 74.6 Å². The van der Waals surface area contributed by atoms with Crippen molar-refractivity contribution in [2.75, 3.05) is 0 Å². The van der Waals surface area contributed by atoms with E-state index in [1.807, 2.05) is 6.92 Å². The third-order valence-corrected chi connectivity index (χ3v) is 2.23. The van der Waals surface area contributed by atoms with E-state index >= 15 is 0 Å². The van der Waals surface area contributed by atoms with Crippen molar-refractivity contribution in [3.8, 4) is 0 Å². The third kappa shape index (κ3) is 2.34. The molecule has 1 aromatic carbocycles. The monoisotopic (exact) mass is 208 g/mol. The fourth-order valence-electron chi connectivity index (χ4n) is 1.52. The normalized spacial score (nSPS) is 10.3. The number of carbonyl (C=O) groups is 2. The first-order valence-corrected chi connectivity index (χ1v) is 4.46. The zero-order valence-corrected chi connectivity index (χ0v) is 8.52. The zero-order valence-electron chi connectivity index (χ0n) is 8.52. The summed E-state index contributed by atoms with van der Waals surface area (Å²) in [6.07, 6.45) is 0. The van der Waals surface area contributed by atoms with Crippen molar-refractivity contribution in [3.63, 3.8) is 0 Å². The Morgan fingerprint density at radius 1 is 1.13 bits per heavy atom. The minimum Gasteiger partial charge on any atom is -0.480 e. The molecule has 0 bridgehead atoms. The van der Waals surface area contributed by atoms with Gasteiger partial charge in [0.05, 0.1) is 0 Å². The highest BCUT2D eigenvalue weighted by Crippen LogP contribution is 2.21. The van der Waals surface area contributed by atoms with E-state index in [4.69, 9.17) is 10.2 Å². The average molecular weight is 208 g/mol. The summed E-state index contributed by atoms with van der Waals surface area (Å²) in [5, 5.41) is 17.6. The van der Waals surface area contributed by atoms with Gasteiger partial charge in [0.15, 0.2) is 5.92 Å². The number of carboxylic acid groups (broad SMARTS) is 2. The van der Waals surface area contributed by atoms with Crippen LogP contribution in [-0.4, -0.2) is 22.2 Å². The number of hydrogen-bond acceptors (Lipinski definition) is 2. The molecular formula is C11H12O4. The SMILES string of the molecule is Cc1ccc(C(C(=O)O)C(=O)O)c(C)c1. The predicted octanol–water partition coefficient (Wildman–Crippen LogP) is 1.56. The summed E-state index contributed by atoms with van der Waals surface area (Å²) in [6.45, 7) is 3.58. The molecule has 0 unspecified atom stereocenters. The van der Waals surface area contributed by atoms with Crippen LogP contribution < -0.4 is 0 Å². The highest BCUT2D eigenvalue weighted by Gasteiger charge is 2.28. The molecule has 0 atom stereocenters. The molecule has 0 heterocycles. The zero-order chi connectivity index (χ0) is 11.6. The Balaban J connectivity index is 3.23. The Morgan fingerprint density at radius 2 is 1.67 bits per heavy atom. The van der Waals surface area contributed by atoms with Crippen molar-refractivity contribution in [2.24, 2.45) is 0 Å². The Hall–Kier alpha value is -1.84. The van der Waals surface area contributed by atoms with E-state index in [-0.39, 0.29) is 0 Å². The molecule has 1 aromatic rings. The van der Waals surface area contributed by atoms with Crippen LogP contribution in [0.2, 0.25) is 0 Å². The van der Waals surface area contributed by atoms with E-state index in [0.717, 1.165) is 5.56 Å². The minimum atomic E-state index is -1.48. The molecule has 80 valence electrons. The lowest BCUT2D eigenvalue weighted by Gasteiger charge is -2.11. The van der Waals surface area contributed by atoms with Crippen molar-refractivity contribution < 1.29 is 19.8 Å². The van der Waals surface area contributed by atoms with E-state index in [0.29, 0.717) is 11.1 Å². The van der Waals surface area contributed by atoms with Gasteiger partial charge in [-0.1, -0.05) is 23.8 Å². The molecule has 0 aliphatic heterocycles. The molecule has 1 rings (SSSR count). The molecule has 0 fully saturated rings. The van der Waals surface area contributed by atoms with E-state index < -0.39 is 17.9 Å². The molecule has 0 aliphatic rings. The summed E-state index contributed by atoms with van der Waals surface area (Å²) < 4.78 is 0. The first-order valence-electron chi connectivity index (χ1n) is 4.46. The predicted molar refractivity (Wildman–Crippen MR) is 53.9 cm³/mol. The largest absolute Gasteiger partial charge is 0.480 e. The molecular weight excluding hydrogens is 196 g/mol. The molecule has 2 N–H and O–H groups in total. The molecule has 0 saturated carbocycles. The standard InChI is InChI=1S/C11H12O4/c1-6-3-4-8(7(2)5-6)9(10(12)13)11(14)15/h3-5,9H,1-2H3,(H,12,13)(H,14,15). The number of carboxylic acids is 2. The first-order chi connectivity index (χ1) is 6.93. The second-order valence-electron chi connectivity index (χ2n) is 3.47. The maximum atomic E-state index is 10.8. The van der Waals surface area contributed by atoms with E-state index in [1.54, 1.807) is 25.1 Å². The minimum absolute atomic E-state index is 0.334. The quantitative estimate of drug-likeness (QED) is 0.739. The molecule has 0 spiro atoms. The molecule has 4 heteroatoms. The van der Waals surface area contributed by atoms with Crippen molar-refractivity contribution in [3.05, 3.63) is 34.9 Å². The van der Waals surface area contributed by atoms with Gasteiger partial charge in [0.25, 0.3) is 0 Å². The molecule has 15 heavy (non-hydrogen) atoms. The summed E-state index contributed by atoms with van der Waals surface area (Å²) in [6, 6.07) is 5.03. The first kappa shape index (κ1) is 11.2. The van der Waals surface area contributed by atoms with Crippen LogP contribution >= 0.6 is 0 Å². The summed E-state index contributed by atoms with van der Waals surface area (Å²) >= 11 is 0. The fourth-order valence-corrected chi connectivity index (χ4v) is 1.52. The van der Waals surface area contributed by atoms with Gasteiger partial charge in [-0.25, -0.2) is 0 Å². The van der Waals surface area contributed by atoms with Gasteiger partial charge in [-0.15, -0.1) is 0 Å². The summed E-state index contributed by atoms with van der Waals surface area (Å²) in [7, 11) is 0. The van der Waals surface area contributed by atoms with Gasteiger partial charge in [0.2, 0.25) is 0 Å². The highest BCUT2D eigenvalue weighted by atomic mass is 16.4. The lowest BCUT2D eigenvalue weighted by atomic mass is 9.94. The molecule has 0 saturated heterocycles. The smallest absolute Gasteiger partial charge is 0.322 e. The van der Waals surface area contributed by atoms with Crippen molar-refractivity contribution in [1.29, 1.82) is 0 Å². The number of aryl methyl sites for hydroxylation is 2. The van der Waals surface area contributed by atoms with Crippen molar-refractivity contribution in [2.45, 2.75) is 19.8 Å². The Morgan fingerprint density at radius 3 is 2.07 bits per heavy atom. The maximum absolute atomic E-state index is 10.8. The lowest BCUT2D eigenvalue weighted by Crippen LogP contribution is -2.21. The van der Waals surface area contributed by atoms with Crippen LogP contribution in [0.4, 0.5) is 0 Å². The van der Waals surface area contributed by atoms with Crippen LogP contribution in [0.1, 0.15) is 22.6 Å². The van der Waals surface area contributed by atoms with Crippen molar-refractivity contribution in [1.82, 2.24) is 0 Å². The molecule has 0 radical (unpaired) electrons. The Kier molecular flexibility index (Phi) is 3.09. The van der Waals surface area contributed by atoms with Crippen LogP contribution in [0, 0.1) is 13.8 Å². The van der Waals surface area contributed by atoms with Crippen LogP contribution in [-0.2, 0) is 9.59 Å². The van der Waals surface area contributed by atoms with Gasteiger partial charge in [0.1, 0.15) is 0 Å². The molecule has 0 aliphatic carbocycles. The van der Waals surface area contributed by atoms with Gasteiger partial charge < -0.3 is 10.2 Å². The Labute approximate surface area is 87.2 Å². The van der Waals surface area contributed by atoms with E-state index in [1.165, 1.54) is 0 Å². The van der Waals surface area contributed by atoms with Gasteiger partial charge in [-0.3, -0.25) is 9.59 Å². The lowest BCUT2D eigenvalue weighted by molar-refractivity contribution is -0.150. The van der Waals surface area contributed by atoms with Gasteiger partial charge in [-0.2, -0.15) is 0 Å².